The third-order valence-electron chi connectivity index (χ3n) is 2.12. The van der Waals surface area contributed by atoms with Crippen molar-refractivity contribution < 1.29 is 8.42 Å². The predicted octanol–water partition coefficient (Wildman–Crippen LogP) is -0.631. The molecule has 1 unspecified atom stereocenters. The first-order valence-corrected chi connectivity index (χ1v) is 5.45. The Morgan fingerprint density at radius 3 is 2.55 bits per heavy atom. The Kier molecular flexibility index (Phi) is 2.51. The van der Waals surface area contributed by atoms with Crippen LogP contribution in [0.4, 0.5) is 0 Å². The van der Waals surface area contributed by atoms with E-state index in [9.17, 15) is 8.42 Å². The van der Waals surface area contributed by atoms with Gasteiger partial charge in [-0.1, -0.05) is 0 Å². The lowest BCUT2D eigenvalue weighted by Crippen LogP contribution is -2.48. The highest BCUT2D eigenvalue weighted by Gasteiger charge is 2.23. The van der Waals surface area contributed by atoms with Crippen molar-refractivity contribution in [2.75, 3.05) is 18.8 Å². The van der Waals surface area contributed by atoms with Gasteiger partial charge in [0.05, 0.1) is 5.75 Å². The van der Waals surface area contributed by atoms with Crippen LogP contribution in [0, 0.1) is 0 Å². The molecule has 0 radical (unpaired) electrons. The number of hydrogen-bond donors (Lipinski definition) is 1. The maximum absolute atomic E-state index is 10.5. The van der Waals surface area contributed by atoms with Gasteiger partial charge in [-0.25, -0.2) is 13.6 Å². The Labute approximate surface area is 67.4 Å². The Morgan fingerprint density at radius 1 is 1.64 bits per heavy atom. The van der Waals surface area contributed by atoms with Crippen molar-refractivity contribution in [3.8, 4) is 0 Å². The standard InChI is InChI=1S/C6H14N2O2S/c1-6-2-3-8(6)4-5-11(7,9)10/h6H,2-5H2,1H3,(H2,7,9,10). The second kappa shape index (κ2) is 3.08. The minimum atomic E-state index is -3.26. The molecule has 0 spiro atoms. The molecule has 5 heteroatoms. The number of nitrogens with two attached hydrogens (primary N) is 1. The average Bonchev–Trinajstić information content (AvgIpc) is 1.82. The predicted molar refractivity (Wildman–Crippen MR) is 43.6 cm³/mol. The van der Waals surface area contributed by atoms with Crippen LogP contribution in [0.2, 0.25) is 0 Å². The van der Waals surface area contributed by atoms with Crippen molar-refractivity contribution in [3.63, 3.8) is 0 Å². The van der Waals surface area contributed by atoms with E-state index in [4.69, 9.17) is 5.14 Å². The molecule has 1 saturated heterocycles. The highest BCUT2D eigenvalue weighted by atomic mass is 32.2. The highest BCUT2D eigenvalue weighted by molar-refractivity contribution is 7.89. The summed E-state index contributed by atoms with van der Waals surface area (Å²) >= 11 is 0. The minimum absolute atomic E-state index is 0.0807. The summed E-state index contributed by atoms with van der Waals surface area (Å²) in [6.45, 7) is 3.68. The number of nitrogens with zero attached hydrogens (tertiary/aromatic N) is 1. The molecule has 0 aromatic heterocycles. The molecular formula is C6H14N2O2S. The van der Waals surface area contributed by atoms with Crippen molar-refractivity contribution in [2.24, 2.45) is 5.14 Å². The third kappa shape index (κ3) is 2.76. The Hall–Kier alpha value is -0.130. The van der Waals surface area contributed by atoms with Crippen LogP contribution in [-0.4, -0.2) is 38.2 Å². The molecule has 0 bridgehead atoms. The van der Waals surface area contributed by atoms with E-state index < -0.39 is 10.0 Å². The van der Waals surface area contributed by atoms with E-state index in [2.05, 4.69) is 11.8 Å². The zero-order valence-corrected chi connectivity index (χ0v) is 7.47. The molecule has 11 heavy (non-hydrogen) atoms. The average molecular weight is 178 g/mol. The lowest BCUT2D eigenvalue weighted by atomic mass is 10.1. The van der Waals surface area contributed by atoms with Gasteiger partial charge in [-0.15, -0.1) is 0 Å². The van der Waals surface area contributed by atoms with Crippen LogP contribution in [-0.2, 0) is 10.0 Å². The van der Waals surface area contributed by atoms with Crippen LogP contribution in [0.1, 0.15) is 13.3 Å². The molecule has 0 saturated carbocycles. The summed E-state index contributed by atoms with van der Waals surface area (Å²) < 4.78 is 21.1. The molecule has 66 valence electrons. The summed E-state index contributed by atoms with van der Waals surface area (Å²) in [5.74, 6) is 0.0807. The van der Waals surface area contributed by atoms with E-state index in [0.29, 0.717) is 12.6 Å². The molecule has 1 fully saturated rings. The van der Waals surface area contributed by atoms with Crippen LogP contribution in [0.5, 0.6) is 0 Å². The minimum Gasteiger partial charge on any atom is -0.299 e. The summed E-state index contributed by atoms with van der Waals surface area (Å²) in [4.78, 5) is 2.12. The van der Waals surface area contributed by atoms with Crippen molar-refractivity contribution in [1.29, 1.82) is 0 Å². The van der Waals surface area contributed by atoms with Crippen molar-refractivity contribution in [1.82, 2.24) is 4.90 Å². The normalized spacial score (nSPS) is 26.5. The SMILES string of the molecule is CC1CCN1CCS(N)(=O)=O. The molecule has 1 aliphatic rings. The molecule has 4 nitrogen and oxygen atoms in total. The monoisotopic (exact) mass is 178 g/mol. The second-order valence-electron chi connectivity index (χ2n) is 3.04. The first kappa shape index (κ1) is 8.96. The number of rotatable bonds is 3. The van der Waals surface area contributed by atoms with Gasteiger partial charge >= 0.3 is 0 Å². The van der Waals surface area contributed by atoms with Crippen LogP contribution >= 0.6 is 0 Å². The van der Waals surface area contributed by atoms with Crippen molar-refractivity contribution in [2.45, 2.75) is 19.4 Å². The topological polar surface area (TPSA) is 63.4 Å². The lowest BCUT2D eigenvalue weighted by molar-refractivity contribution is 0.114. The molecule has 2 N–H and O–H groups in total. The quantitative estimate of drug-likeness (QED) is 0.626. The highest BCUT2D eigenvalue weighted by Crippen LogP contribution is 2.14. The molecule has 0 aromatic rings. The van der Waals surface area contributed by atoms with Crippen LogP contribution in [0.25, 0.3) is 0 Å². The van der Waals surface area contributed by atoms with Gasteiger partial charge in [0, 0.05) is 12.6 Å². The fraction of sp³-hybridized carbons (Fsp3) is 1.00. The van der Waals surface area contributed by atoms with Gasteiger partial charge in [-0.3, -0.25) is 4.90 Å². The molecule has 1 aliphatic heterocycles. The van der Waals surface area contributed by atoms with Crippen molar-refractivity contribution in [3.05, 3.63) is 0 Å². The van der Waals surface area contributed by atoms with Gasteiger partial charge in [0.25, 0.3) is 0 Å². The maximum atomic E-state index is 10.5. The third-order valence-corrected chi connectivity index (χ3v) is 2.87. The van der Waals surface area contributed by atoms with Gasteiger partial charge in [-0.05, 0) is 19.9 Å². The van der Waals surface area contributed by atoms with Gasteiger partial charge in [0.1, 0.15) is 0 Å². The lowest BCUT2D eigenvalue weighted by Gasteiger charge is -2.38. The van der Waals surface area contributed by atoms with Gasteiger partial charge in [0.15, 0.2) is 0 Å². The van der Waals surface area contributed by atoms with Gasteiger partial charge in [0.2, 0.25) is 10.0 Å². The molecule has 1 heterocycles. The number of hydrogen-bond acceptors (Lipinski definition) is 3. The molecule has 0 aromatic carbocycles. The number of likely N-dealkylation sites (tertiary alicyclic amines) is 1. The Bertz CT molecular complexity index is 225. The molecule has 0 aliphatic carbocycles. The zero-order valence-electron chi connectivity index (χ0n) is 6.66. The molecule has 0 amide bonds. The maximum Gasteiger partial charge on any atom is 0.210 e. The van der Waals surface area contributed by atoms with Crippen molar-refractivity contribution >= 4 is 10.0 Å². The van der Waals surface area contributed by atoms with Gasteiger partial charge < -0.3 is 0 Å². The fourth-order valence-corrected chi connectivity index (χ4v) is 1.64. The van der Waals surface area contributed by atoms with Crippen LogP contribution in [0.3, 0.4) is 0 Å². The van der Waals surface area contributed by atoms with E-state index in [0.717, 1.165) is 6.54 Å². The Balaban J connectivity index is 2.23. The summed E-state index contributed by atoms with van der Waals surface area (Å²) in [6.07, 6.45) is 1.17. The Morgan fingerprint density at radius 2 is 2.27 bits per heavy atom. The summed E-state index contributed by atoms with van der Waals surface area (Å²) in [7, 11) is -3.26. The molecule has 1 atom stereocenters. The van der Waals surface area contributed by atoms with Crippen LogP contribution < -0.4 is 5.14 Å². The number of sulfonamides is 1. The fourth-order valence-electron chi connectivity index (χ4n) is 1.15. The smallest absolute Gasteiger partial charge is 0.210 e. The van der Waals surface area contributed by atoms with E-state index >= 15 is 0 Å². The second-order valence-corrected chi connectivity index (χ2v) is 4.77. The van der Waals surface area contributed by atoms with E-state index in [-0.39, 0.29) is 5.75 Å². The molecule has 1 rings (SSSR count). The molecular weight excluding hydrogens is 164 g/mol. The first-order valence-electron chi connectivity index (χ1n) is 3.73. The number of primary sulfonamides is 1. The van der Waals surface area contributed by atoms with Gasteiger partial charge in [-0.2, -0.15) is 0 Å². The summed E-state index contributed by atoms with van der Waals surface area (Å²) in [6, 6.07) is 0.539. The largest absolute Gasteiger partial charge is 0.299 e. The van der Waals surface area contributed by atoms with E-state index in [1.165, 1.54) is 6.42 Å². The summed E-state index contributed by atoms with van der Waals surface area (Å²) in [5, 5.41) is 4.85. The van der Waals surface area contributed by atoms with E-state index in [1.54, 1.807) is 0 Å². The zero-order chi connectivity index (χ0) is 8.48. The summed E-state index contributed by atoms with van der Waals surface area (Å²) in [5.41, 5.74) is 0. The first-order chi connectivity index (χ1) is 4.99. The van der Waals surface area contributed by atoms with E-state index in [1.807, 2.05) is 0 Å². The van der Waals surface area contributed by atoms with Crippen LogP contribution in [0.15, 0.2) is 0 Å².